The first kappa shape index (κ1) is 35.7. The van der Waals surface area contributed by atoms with Gasteiger partial charge in [-0.05, 0) is 87.4 Å². The van der Waals surface area contributed by atoms with E-state index >= 15 is 0 Å². The van der Waals surface area contributed by atoms with Crippen LogP contribution in [0, 0.1) is 0 Å². The number of fused-ring (bicyclic) bond motifs is 8. The molecule has 0 saturated carbocycles. The van der Waals surface area contributed by atoms with Crippen LogP contribution in [0.1, 0.15) is 61.6 Å². The van der Waals surface area contributed by atoms with Gasteiger partial charge in [0.05, 0.1) is 48.5 Å². The summed E-state index contributed by atoms with van der Waals surface area (Å²) in [5.74, 6) is 0. The third-order valence-electron chi connectivity index (χ3n) is 8.71. The third kappa shape index (κ3) is 6.70. The smallest absolute Gasteiger partial charge is 0.354 e. The average Bonchev–Trinajstić information content (AvgIpc) is 3.97. The van der Waals surface area contributed by atoms with E-state index in [0.717, 1.165) is 44.4 Å². The van der Waals surface area contributed by atoms with Gasteiger partial charge in [-0.15, -0.1) is 0 Å². The molecule has 12 heteroatoms. The summed E-state index contributed by atoms with van der Waals surface area (Å²) in [5, 5.41) is 3.45. The number of benzene rings is 2. The summed E-state index contributed by atoms with van der Waals surface area (Å²) in [6.07, 6.45) is 0. The molecular formula is C40H42N4O6P2. The first-order valence-electron chi connectivity index (χ1n) is 17.5. The molecule has 0 radical (unpaired) electrons. The molecule has 6 aromatic rings. The molecule has 0 aliphatic carbocycles. The lowest BCUT2D eigenvalue weighted by Gasteiger charge is -2.19. The summed E-state index contributed by atoms with van der Waals surface area (Å²) in [4.78, 5) is 14.3. The Labute approximate surface area is 302 Å². The Bertz CT molecular complexity index is 2350. The van der Waals surface area contributed by atoms with Crippen LogP contribution < -0.4 is 21.4 Å². The third-order valence-corrected chi connectivity index (χ3v) is 13.2. The maximum absolute atomic E-state index is 14.8. The van der Waals surface area contributed by atoms with E-state index in [-0.39, 0.29) is 26.4 Å². The first-order valence-corrected chi connectivity index (χ1v) is 20.6. The van der Waals surface area contributed by atoms with Gasteiger partial charge in [0.15, 0.2) is 0 Å². The average molecular weight is 737 g/mol. The Morgan fingerprint density at radius 2 is 0.731 bits per heavy atom. The fourth-order valence-electron chi connectivity index (χ4n) is 6.73. The molecule has 0 spiro atoms. The van der Waals surface area contributed by atoms with E-state index in [1.807, 2.05) is 109 Å². The minimum Gasteiger partial charge on any atom is -0.354 e. The van der Waals surface area contributed by atoms with Gasteiger partial charge < -0.3 is 38.0 Å². The molecule has 0 atom stereocenters. The molecule has 52 heavy (non-hydrogen) atoms. The molecule has 1 aliphatic rings. The monoisotopic (exact) mass is 736 g/mol. The minimum absolute atomic E-state index is 0.188. The quantitative estimate of drug-likeness (QED) is 0.104. The van der Waals surface area contributed by atoms with Crippen molar-refractivity contribution in [2.24, 2.45) is 0 Å². The van der Waals surface area contributed by atoms with Crippen molar-refractivity contribution in [2.75, 3.05) is 26.4 Å². The van der Waals surface area contributed by atoms with Crippen molar-refractivity contribution >= 4 is 37.0 Å². The number of nitrogens with one attached hydrogen (secondary N) is 4. The highest BCUT2D eigenvalue weighted by Gasteiger charge is 2.35. The van der Waals surface area contributed by atoms with Crippen LogP contribution in [-0.4, -0.2) is 46.4 Å². The van der Waals surface area contributed by atoms with Crippen molar-refractivity contribution in [1.82, 2.24) is 19.9 Å². The number of aromatic nitrogens is 4. The van der Waals surface area contributed by atoms with Crippen molar-refractivity contribution in [3.8, 4) is 0 Å². The Hall–Kier alpha value is -4.66. The predicted molar refractivity (Wildman–Crippen MR) is 205 cm³/mol. The molecule has 4 N–H and O–H groups in total. The number of hydrogen-bond donors (Lipinski definition) is 4. The maximum Gasteiger partial charge on any atom is 0.365 e. The fraction of sp³-hybridized carbons (Fsp3) is 0.200. The second-order valence-electron chi connectivity index (χ2n) is 12.0. The zero-order chi connectivity index (χ0) is 36.3. The van der Waals surface area contributed by atoms with Crippen molar-refractivity contribution < 1.29 is 27.2 Å². The zero-order valence-corrected chi connectivity index (χ0v) is 31.4. The summed E-state index contributed by atoms with van der Waals surface area (Å²) in [6.45, 7) is 7.96. The van der Waals surface area contributed by atoms with Crippen molar-refractivity contribution in [3.05, 3.63) is 164 Å². The molecule has 0 unspecified atom stereocenters. The normalized spacial score (nSPS) is 13.6. The van der Waals surface area contributed by atoms with Gasteiger partial charge in [0.1, 0.15) is 10.6 Å². The summed E-state index contributed by atoms with van der Waals surface area (Å²) < 4.78 is 53.4. The van der Waals surface area contributed by atoms with Gasteiger partial charge in [0, 0.05) is 33.2 Å². The van der Waals surface area contributed by atoms with Gasteiger partial charge in [-0.3, -0.25) is 9.13 Å². The highest BCUT2D eigenvalue weighted by Crippen LogP contribution is 2.60. The standard InChI is InChI=1S/C40H42N4O6P2/c1-5-47-51(45,48-6-2)39-33-23-19-29(41-33)37(27-15-11-9-12-16-27)31-21-25-35(43-31)40(52(46,49-7-3)50-8-4)36-26-22-32(44-36)38(28-17-13-10-14-18-28)30-20-24-34(39)42-30/h9-26,41-44H,5-8H2,1-4H3. The number of rotatable bonds is 12. The van der Waals surface area contributed by atoms with Crippen molar-refractivity contribution in [2.45, 2.75) is 27.7 Å². The topological polar surface area (TPSA) is 134 Å². The lowest BCUT2D eigenvalue weighted by Crippen LogP contribution is -2.19. The molecule has 8 bridgehead atoms. The predicted octanol–water partition coefficient (Wildman–Crippen LogP) is 6.65. The van der Waals surface area contributed by atoms with Gasteiger partial charge in [-0.1, -0.05) is 60.7 Å². The second-order valence-corrected chi connectivity index (χ2v) is 15.9. The van der Waals surface area contributed by atoms with Crippen LogP contribution in [0.3, 0.4) is 0 Å². The van der Waals surface area contributed by atoms with E-state index in [9.17, 15) is 9.13 Å². The van der Waals surface area contributed by atoms with Gasteiger partial charge >= 0.3 is 15.2 Å². The summed E-state index contributed by atoms with van der Waals surface area (Å²) >= 11 is 0. The molecule has 4 aromatic heterocycles. The fourth-order valence-corrected chi connectivity index (χ4v) is 10.5. The maximum atomic E-state index is 14.8. The lowest BCUT2D eigenvalue weighted by atomic mass is 10.0. The van der Waals surface area contributed by atoms with E-state index in [0.29, 0.717) is 32.7 Å². The molecule has 0 amide bonds. The first-order chi connectivity index (χ1) is 25.3. The van der Waals surface area contributed by atoms with Gasteiger partial charge in [0.25, 0.3) is 0 Å². The molecule has 0 fully saturated rings. The van der Waals surface area contributed by atoms with Crippen LogP contribution in [0.2, 0.25) is 0 Å². The van der Waals surface area contributed by atoms with Crippen molar-refractivity contribution in [3.63, 3.8) is 0 Å². The van der Waals surface area contributed by atoms with Gasteiger partial charge in [-0.25, -0.2) is 0 Å². The summed E-state index contributed by atoms with van der Waals surface area (Å²) in [6, 6.07) is 35.3. The van der Waals surface area contributed by atoms with E-state index < -0.39 is 15.2 Å². The van der Waals surface area contributed by atoms with Gasteiger partial charge in [-0.2, -0.15) is 0 Å². The molecule has 2 aromatic carbocycles. The van der Waals surface area contributed by atoms with E-state index in [4.69, 9.17) is 18.1 Å². The van der Waals surface area contributed by atoms with Crippen LogP contribution in [0.25, 0.3) is 21.8 Å². The van der Waals surface area contributed by atoms with Crippen LogP contribution in [0.5, 0.6) is 0 Å². The molecule has 5 heterocycles. The Morgan fingerprint density at radius 1 is 0.404 bits per heavy atom. The minimum atomic E-state index is -3.85. The second kappa shape index (κ2) is 15.1. The Morgan fingerprint density at radius 3 is 1.08 bits per heavy atom. The van der Waals surface area contributed by atoms with Gasteiger partial charge in [0.2, 0.25) is 0 Å². The van der Waals surface area contributed by atoms with Crippen LogP contribution >= 0.6 is 15.2 Å². The highest BCUT2D eigenvalue weighted by molar-refractivity contribution is 7.65. The largest absolute Gasteiger partial charge is 0.365 e. The Kier molecular flexibility index (Phi) is 10.4. The molecule has 10 nitrogen and oxygen atoms in total. The van der Waals surface area contributed by atoms with Crippen molar-refractivity contribution in [1.29, 1.82) is 0 Å². The number of aromatic amines is 4. The molecule has 7 rings (SSSR count). The SMILES string of the molecule is CCOP(=O)(OCC)C1=c2ccc([nH]2)=C(c2ccccc2)c2ccc([nH]2)C(P(=O)(OCC)OCC)=c2ccc([nH]2)=C(c2ccccc2)c2ccc1[nH]2. The summed E-state index contributed by atoms with van der Waals surface area (Å²) in [5.41, 5.74) is 6.20. The highest BCUT2D eigenvalue weighted by atomic mass is 31.2. The van der Waals surface area contributed by atoms with E-state index in [1.165, 1.54) is 0 Å². The molecule has 268 valence electrons. The molecule has 1 aliphatic heterocycles. The molecular weight excluding hydrogens is 694 g/mol. The number of H-pyrrole nitrogens is 4. The van der Waals surface area contributed by atoms with Crippen LogP contribution in [-0.2, 0) is 27.2 Å². The Balaban J connectivity index is 1.67. The van der Waals surface area contributed by atoms with E-state index in [1.54, 1.807) is 27.7 Å². The number of hydrogen-bond acceptors (Lipinski definition) is 6. The zero-order valence-electron chi connectivity index (χ0n) is 29.6. The summed E-state index contributed by atoms with van der Waals surface area (Å²) in [7, 11) is -7.70. The van der Waals surface area contributed by atoms with Crippen LogP contribution in [0.4, 0.5) is 0 Å². The molecule has 0 saturated heterocycles. The lowest BCUT2D eigenvalue weighted by molar-refractivity contribution is 0.229. The van der Waals surface area contributed by atoms with E-state index in [2.05, 4.69) is 19.9 Å². The van der Waals surface area contributed by atoms with Crippen LogP contribution in [0.15, 0.2) is 109 Å².